The van der Waals surface area contributed by atoms with E-state index in [-0.39, 0.29) is 25.7 Å². The molecule has 0 amide bonds. The number of carbonyl (C=O) groups is 4. The number of phosphoric ester groups is 2. The largest absolute Gasteiger partial charge is 0.472 e. The molecule has 19 heteroatoms. The standard InChI is InChI=1S/C79H134O17P2/c1-5-9-13-17-21-25-29-31-33-35-36-38-39-41-45-48-52-56-60-64-77(82)90-70-75(96-79(84)66-62-58-54-50-46-42-40-37-34-32-30-26-22-18-14-10-6-2)72-94-98(87,88)92-68-73(80)67-91-97(85,86)93-71-74(95-78(83)65-61-57-53-49-44-28-24-20-16-12-8-4)69-89-76(81)63-59-55-51-47-43-27-23-19-15-11-7-3/h9-10,13-14,21-22,25-26,31-34,36,38,40-42,45,52,56,73-75,80H,5-8,11-12,15-20,23-24,27-30,35,37,39,43-44,46-51,53-55,57-72H2,1-4H3,(H,85,86)(H,87,88)/b13-9-,14-10-,25-21-,26-22-,33-31-,34-32-,38-36-,42-40-,45-41-,56-52-. The van der Waals surface area contributed by atoms with E-state index in [1.807, 2.05) is 18.2 Å². The molecule has 562 valence electrons. The van der Waals surface area contributed by atoms with Crippen LogP contribution in [0.3, 0.4) is 0 Å². The molecule has 5 atom stereocenters. The maximum atomic E-state index is 13.1. The van der Waals surface area contributed by atoms with Crippen LogP contribution in [0.4, 0.5) is 0 Å². The molecule has 98 heavy (non-hydrogen) atoms. The molecule has 0 aromatic rings. The second-order valence-corrected chi connectivity index (χ2v) is 27.7. The third-order valence-corrected chi connectivity index (χ3v) is 17.4. The average Bonchev–Trinajstić information content (AvgIpc) is 0.979. The third kappa shape index (κ3) is 69.9. The van der Waals surface area contributed by atoms with E-state index < -0.39 is 97.5 Å². The molecule has 0 radical (unpaired) electrons. The minimum atomic E-state index is -5.00. The number of rotatable bonds is 70. The Kier molecular flexibility index (Phi) is 67.6. The Hall–Kier alpha value is -4.54. The lowest BCUT2D eigenvalue weighted by molar-refractivity contribution is -0.161. The van der Waals surface area contributed by atoms with E-state index in [0.29, 0.717) is 32.1 Å². The summed E-state index contributed by atoms with van der Waals surface area (Å²) >= 11 is 0. The first-order chi connectivity index (χ1) is 47.7. The minimum absolute atomic E-state index is 0.0283. The van der Waals surface area contributed by atoms with Crippen LogP contribution in [-0.2, 0) is 65.4 Å². The molecule has 0 aliphatic heterocycles. The van der Waals surface area contributed by atoms with Gasteiger partial charge in [0.2, 0.25) is 0 Å². The van der Waals surface area contributed by atoms with Gasteiger partial charge in [-0.1, -0.05) is 290 Å². The summed E-state index contributed by atoms with van der Waals surface area (Å²) in [6.45, 7) is 4.52. The molecule has 0 fully saturated rings. The smallest absolute Gasteiger partial charge is 0.462 e. The van der Waals surface area contributed by atoms with Gasteiger partial charge in [0.05, 0.1) is 26.4 Å². The summed E-state index contributed by atoms with van der Waals surface area (Å²) < 4.78 is 68.3. The summed E-state index contributed by atoms with van der Waals surface area (Å²) in [4.78, 5) is 72.7. The van der Waals surface area contributed by atoms with Crippen LogP contribution in [0.1, 0.15) is 297 Å². The van der Waals surface area contributed by atoms with Crippen molar-refractivity contribution in [2.24, 2.45) is 0 Å². The highest BCUT2D eigenvalue weighted by Crippen LogP contribution is 2.45. The van der Waals surface area contributed by atoms with Crippen molar-refractivity contribution in [2.45, 2.75) is 316 Å². The maximum absolute atomic E-state index is 13.1. The zero-order valence-corrected chi connectivity index (χ0v) is 63.0. The van der Waals surface area contributed by atoms with Gasteiger partial charge in [0.25, 0.3) is 0 Å². The van der Waals surface area contributed by atoms with Crippen molar-refractivity contribution in [2.75, 3.05) is 39.6 Å². The molecule has 0 aromatic heterocycles. The van der Waals surface area contributed by atoms with Crippen molar-refractivity contribution in [3.63, 3.8) is 0 Å². The highest BCUT2D eigenvalue weighted by atomic mass is 31.2. The van der Waals surface area contributed by atoms with E-state index in [0.717, 1.165) is 128 Å². The van der Waals surface area contributed by atoms with Crippen LogP contribution in [0, 0.1) is 0 Å². The average molecular weight is 1420 g/mol. The Bertz CT molecular complexity index is 2340. The lowest BCUT2D eigenvalue weighted by atomic mass is 10.1. The summed E-state index contributed by atoms with van der Waals surface area (Å²) in [5, 5.41) is 10.6. The van der Waals surface area contributed by atoms with Gasteiger partial charge in [-0.05, 0) is 103 Å². The molecule has 0 rings (SSSR count). The van der Waals surface area contributed by atoms with Crippen LogP contribution in [0.5, 0.6) is 0 Å². The molecular formula is C79H134O17P2. The van der Waals surface area contributed by atoms with Gasteiger partial charge < -0.3 is 33.8 Å². The van der Waals surface area contributed by atoms with E-state index in [4.69, 9.17) is 37.0 Å². The van der Waals surface area contributed by atoms with Crippen molar-refractivity contribution in [1.82, 2.24) is 0 Å². The first kappa shape index (κ1) is 93.5. The molecule has 0 aliphatic rings. The summed E-state index contributed by atoms with van der Waals surface area (Å²) in [6, 6.07) is 0. The van der Waals surface area contributed by atoms with Gasteiger partial charge in [0, 0.05) is 25.7 Å². The van der Waals surface area contributed by atoms with Crippen LogP contribution < -0.4 is 0 Å². The zero-order chi connectivity index (χ0) is 71.8. The number of aliphatic hydroxyl groups excluding tert-OH is 1. The Morgan fingerprint density at radius 3 is 0.878 bits per heavy atom. The quantitative estimate of drug-likeness (QED) is 0.0169. The Morgan fingerprint density at radius 1 is 0.296 bits per heavy atom. The van der Waals surface area contributed by atoms with E-state index >= 15 is 0 Å². The topological polar surface area (TPSA) is 237 Å². The Labute approximate surface area is 593 Å². The molecule has 0 saturated heterocycles. The zero-order valence-electron chi connectivity index (χ0n) is 61.2. The van der Waals surface area contributed by atoms with Gasteiger partial charge in [-0.15, -0.1) is 0 Å². The fourth-order valence-corrected chi connectivity index (χ4v) is 11.3. The van der Waals surface area contributed by atoms with Crippen molar-refractivity contribution < 1.29 is 80.2 Å². The van der Waals surface area contributed by atoms with Crippen LogP contribution in [0.2, 0.25) is 0 Å². The number of phosphoric acid groups is 2. The molecule has 0 aromatic carbocycles. The molecule has 0 bridgehead atoms. The van der Waals surface area contributed by atoms with Gasteiger partial charge in [-0.3, -0.25) is 37.3 Å². The van der Waals surface area contributed by atoms with Gasteiger partial charge >= 0.3 is 39.5 Å². The van der Waals surface area contributed by atoms with Crippen molar-refractivity contribution in [3.8, 4) is 0 Å². The molecule has 0 heterocycles. The van der Waals surface area contributed by atoms with Gasteiger partial charge in [-0.2, -0.15) is 0 Å². The van der Waals surface area contributed by atoms with Crippen LogP contribution in [-0.4, -0.2) is 96.7 Å². The highest BCUT2D eigenvalue weighted by molar-refractivity contribution is 7.47. The van der Waals surface area contributed by atoms with Gasteiger partial charge in [-0.25, -0.2) is 9.13 Å². The number of hydrogen-bond donors (Lipinski definition) is 3. The summed E-state index contributed by atoms with van der Waals surface area (Å²) in [5.41, 5.74) is 0. The van der Waals surface area contributed by atoms with Crippen molar-refractivity contribution >= 4 is 39.5 Å². The molecule has 0 spiro atoms. The molecule has 17 nitrogen and oxygen atoms in total. The number of ether oxygens (including phenoxy) is 4. The summed E-state index contributed by atoms with van der Waals surface area (Å²) in [5.74, 6) is -2.29. The SMILES string of the molecule is CC/C=C\C/C=C\C/C=C\C/C=C\C/C=C\C/C=C\CCC(=O)OCC(COP(=O)(O)OCC(O)COP(=O)(O)OCC(COC(=O)CCCCCCCCCCCCC)OC(=O)CCCCCCCCCCCCC)OC(=O)CCCCCC/C=C\C/C=C\C/C=C\C/C=C\CC. The molecule has 5 unspecified atom stereocenters. The second kappa shape index (κ2) is 70.9. The van der Waals surface area contributed by atoms with Crippen LogP contribution >= 0.6 is 15.6 Å². The number of aliphatic hydroxyl groups is 1. The third-order valence-electron chi connectivity index (χ3n) is 15.5. The van der Waals surface area contributed by atoms with Crippen LogP contribution in [0.15, 0.2) is 122 Å². The molecule has 3 N–H and O–H groups in total. The minimum Gasteiger partial charge on any atom is -0.462 e. The van der Waals surface area contributed by atoms with E-state index in [9.17, 15) is 43.2 Å². The highest BCUT2D eigenvalue weighted by Gasteiger charge is 2.30. The number of hydrogen-bond acceptors (Lipinski definition) is 15. The maximum Gasteiger partial charge on any atom is 0.472 e. The van der Waals surface area contributed by atoms with E-state index in [2.05, 4.69) is 131 Å². The number of esters is 4. The molecule has 0 aliphatic carbocycles. The summed E-state index contributed by atoms with van der Waals surface area (Å²) in [7, 11) is -9.97. The van der Waals surface area contributed by atoms with E-state index in [1.165, 1.54) is 83.5 Å². The monoisotopic (exact) mass is 1420 g/mol. The second-order valence-electron chi connectivity index (χ2n) is 24.8. The number of unbranched alkanes of at least 4 members (excludes halogenated alkanes) is 24. The fourth-order valence-electron chi connectivity index (χ4n) is 9.77. The molecule has 0 saturated carbocycles. The lowest BCUT2D eigenvalue weighted by Crippen LogP contribution is -2.30. The summed E-state index contributed by atoms with van der Waals surface area (Å²) in [6.07, 6.45) is 76.4. The van der Waals surface area contributed by atoms with Gasteiger partial charge in [0.15, 0.2) is 12.2 Å². The number of carbonyl (C=O) groups excluding carboxylic acids is 4. The fraction of sp³-hybridized carbons (Fsp3) is 0.696. The van der Waals surface area contributed by atoms with Crippen LogP contribution in [0.25, 0.3) is 0 Å². The normalized spacial score (nSPS) is 14.6. The van der Waals surface area contributed by atoms with Crippen molar-refractivity contribution in [1.29, 1.82) is 0 Å². The predicted octanol–water partition coefficient (Wildman–Crippen LogP) is 21.6. The lowest BCUT2D eigenvalue weighted by Gasteiger charge is -2.21. The first-order valence-corrected chi connectivity index (χ1v) is 40.8. The predicted molar refractivity (Wildman–Crippen MR) is 399 cm³/mol. The van der Waals surface area contributed by atoms with E-state index in [1.54, 1.807) is 0 Å². The van der Waals surface area contributed by atoms with Gasteiger partial charge in [0.1, 0.15) is 19.3 Å². The Morgan fingerprint density at radius 2 is 0.551 bits per heavy atom. The Balaban J connectivity index is 5.42. The molecular weight excluding hydrogens is 1280 g/mol. The van der Waals surface area contributed by atoms with Crippen molar-refractivity contribution in [3.05, 3.63) is 122 Å². The first-order valence-electron chi connectivity index (χ1n) is 37.8. The number of allylic oxidation sites excluding steroid dienone is 20.